The molecule has 3 rings (SSSR count). The van der Waals surface area contributed by atoms with Crippen LogP contribution in [0.4, 0.5) is 0 Å². The van der Waals surface area contributed by atoms with Crippen LogP contribution in [0.15, 0.2) is 47.2 Å². The number of likely N-dealkylation sites (tertiary alicyclic amines) is 1. The summed E-state index contributed by atoms with van der Waals surface area (Å²) in [6, 6.07) is 11.3. The zero-order valence-electron chi connectivity index (χ0n) is 13.1. The Kier molecular flexibility index (Phi) is 4.76. The number of hydrogen-bond donors (Lipinski definition) is 1. The van der Waals surface area contributed by atoms with Crippen molar-refractivity contribution in [3.8, 4) is 0 Å². The molecule has 2 amide bonds. The van der Waals surface area contributed by atoms with Crippen molar-refractivity contribution in [3.05, 3.63) is 58.3 Å². The molecule has 1 saturated heterocycles. The van der Waals surface area contributed by atoms with Gasteiger partial charge >= 0.3 is 0 Å². The molecule has 1 aliphatic rings. The molecule has 1 aromatic carbocycles. The molecule has 23 heavy (non-hydrogen) atoms. The predicted octanol–water partition coefficient (Wildman–Crippen LogP) is 2.88. The van der Waals surface area contributed by atoms with E-state index in [1.54, 1.807) is 23.5 Å². The van der Waals surface area contributed by atoms with Gasteiger partial charge < -0.3 is 10.2 Å². The molecule has 0 radical (unpaired) electrons. The number of amides is 2. The Labute approximate surface area is 140 Å². The molecule has 120 valence electrons. The van der Waals surface area contributed by atoms with E-state index in [-0.39, 0.29) is 24.4 Å². The molecule has 2 aromatic rings. The number of nitrogens with one attached hydrogen (secondary N) is 1. The maximum absolute atomic E-state index is 12.4. The van der Waals surface area contributed by atoms with Crippen LogP contribution in [0.5, 0.6) is 0 Å². The van der Waals surface area contributed by atoms with Crippen molar-refractivity contribution < 1.29 is 9.59 Å². The van der Waals surface area contributed by atoms with Gasteiger partial charge in [-0.05, 0) is 47.9 Å². The number of nitrogens with zero attached hydrogens (tertiary/aromatic N) is 1. The second-order valence-electron chi connectivity index (χ2n) is 5.93. The maximum atomic E-state index is 12.4. The van der Waals surface area contributed by atoms with Crippen molar-refractivity contribution in [1.82, 2.24) is 10.2 Å². The Hall–Kier alpha value is -2.14. The highest BCUT2D eigenvalue weighted by molar-refractivity contribution is 7.08. The highest BCUT2D eigenvalue weighted by Gasteiger charge is 2.33. The summed E-state index contributed by atoms with van der Waals surface area (Å²) < 4.78 is 0. The van der Waals surface area contributed by atoms with Crippen molar-refractivity contribution in [2.75, 3.05) is 13.1 Å². The number of rotatable bonds is 4. The summed E-state index contributed by atoms with van der Waals surface area (Å²) in [4.78, 5) is 26.3. The summed E-state index contributed by atoms with van der Waals surface area (Å²) in [6.45, 7) is 2.86. The lowest BCUT2D eigenvalue weighted by Crippen LogP contribution is -2.41. The first-order valence-electron chi connectivity index (χ1n) is 7.80. The smallest absolute Gasteiger partial charge is 0.251 e. The van der Waals surface area contributed by atoms with E-state index in [0.29, 0.717) is 11.5 Å². The summed E-state index contributed by atoms with van der Waals surface area (Å²) >= 11 is 1.69. The molecule has 4 nitrogen and oxygen atoms in total. The van der Waals surface area contributed by atoms with Crippen LogP contribution in [0.25, 0.3) is 0 Å². The first-order valence-corrected chi connectivity index (χ1v) is 8.74. The molecule has 0 aliphatic carbocycles. The van der Waals surface area contributed by atoms with E-state index in [0.717, 1.165) is 13.0 Å². The Bertz CT molecular complexity index is 670. The second kappa shape index (κ2) is 6.96. The van der Waals surface area contributed by atoms with Crippen molar-refractivity contribution in [3.63, 3.8) is 0 Å². The van der Waals surface area contributed by atoms with Crippen molar-refractivity contribution in [1.29, 1.82) is 0 Å². The third kappa shape index (κ3) is 3.62. The largest absolute Gasteiger partial charge is 0.343 e. The number of carbonyl (C=O) groups is 2. The standard InChI is InChI=1S/C18H20N2O2S/c1-13-9-16(15-7-8-23-12-15)11-20(13)17(21)10-19-18(22)14-5-3-2-4-6-14/h2-8,12-13,16H,9-11H2,1H3,(H,19,22). The summed E-state index contributed by atoms with van der Waals surface area (Å²) in [5, 5.41) is 6.95. The molecule has 2 heterocycles. The monoisotopic (exact) mass is 328 g/mol. The minimum absolute atomic E-state index is 0.0143. The normalized spacial score (nSPS) is 20.5. The summed E-state index contributed by atoms with van der Waals surface area (Å²) in [5.41, 5.74) is 1.89. The highest BCUT2D eigenvalue weighted by atomic mass is 32.1. The van der Waals surface area contributed by atoms with Gasteiger partial charge in [0.05, 0.1) is 6.54 Å². The van der Waals surface area contributed by atoms with E-state index in [1.165, 1.54) is 5.56 Å². The number of hydrogen-bond acceptors (Lipinski definition) is 3. The third-order valence-corrected chi connectivity index (χ3v) is 5.05. The molecule has 5 heteroatoms. The Balaban J connectivity index is 1.55. The molecule has 2 unspecified atom stereocenters. The molecule has 0 spiro atoms. The SMILES string of the molecule is CC1CC(c2ccsc2)CN1C(=O)CNC(=O)c1ccccc1. The Morgan fingerprint density at radius 3 is 2.74 bits per heavy atom. The van der Waals surface area contributed by atoms with E-state index < -0.39 is 0 Å². The van der Waals surface area contributed by atoms with E-state index in [2.05, 4.69) is 29.1 Å². The van der Waals surface area contributed by atoms with Gasteiger partial charge in [0.2, 0.25) is 5.91 Å². The van der Waals surface area contributed by atoms with Crippen molar-refractivity contribution >= 4 is 23.2 Å². The lowest BCUT2D eigenvalue weighted by Gasteiger charge is -2.21. The van der Waals surface area contributed by atoms with Crippen molar-refractivity contribution in [2.24, 2.45) is 0 Å². The van der Waals surface area contributed by atoms with Crippen LogP contribution in [0, 0.1) is 0 Å². The van der Waals surface area contributed by atoms with E-state index in [9.17, 15) is 9.59 Å². The summed E-state index contributed by atoms with van der Waals surface area (Å²) in [5.74, 6) is 0.185. The van der Waals surface area contributed by atoms with Gasteiger partial charge in [0, 0.05) is 24.1 Å². The van der Waals surface area contributed by atoms with Gasteiger partial charge in [0.25, 0.3) is 5.91 Å². The molecule has 0 bridgehead atoms. The molecular weight excluding hydrogens is 308 g/mol. The number of benzene rings is 1. The zero-order valence-corrected chi connectivity index (χ0v) is 13.9. The first-order chi connectivity index (χ1) is 11.1. The summed E-state index contributed by atoms with van der Waals surface area (Å²) in [7, 11) is 0. The lowest BCUT2D eigenvalue weighted by atomic mass is 10.00. The molecule has 0 saturated carbocycles. The van der Waals surface area contributed by atoms with Crippen LogP contribution in [0.1, 0.15) is 35.2 Å². The lowest BCUT2D eigenvalue weighted by molar-refractivity contribution is -0.130. The third-order valence-electron chi connectivity index (χ3n) is 4.35. The minimum atomic E-state index is -0.208. The molecular formula is C18H20N2O2S. The second-order valence-corrected chi connectivity index (χ2v) is 6.71. The molecule has 1 fully saturated rings. The molecule has 1 aliphatic heterocycles. The predicted molar refractivity (Wildman–Crippen MR) is 91.6 cm³/mol. The number of thiophene rings is 1. The first kappa shape index (κ1) is 15.7. The fourth-order valence-corrected chi connectivity index (χ4v) is 3.82. The fraction of sp³-hybridized carbons (Fsp3) is 0.333. The van der Waals surface area contributed by atoms with Crippen LogP contribution in [-0.4, -0.2) is 35.8 Å². The van der Waals surface area contributed by atoms with Gasteiger partial charge in [-0.2, -0.15) is 11.3 Å². The van der Waals surface area contributed by atoms with Crippen molar-refractivity contribution in [2.45, 2.75) is 25.3 Å². The zero-order chi connectivity index (χ0) is 16.2. The van der Waals surface area contributed by atoms with Crippen LogP contribution < -0.4 is 5.32 Å². The van der Waals surface area contributed by atoms with Crippen LogP contribution >= 0.6 is 11.3 Å². The Morgan fingerprint density at radius 2 is 2.04 bits per heavy atom. The summed E-state index contributed by atoms with van der Waals surface area (Å²) in [6.07, 6.45) is 0.981. The van der Waals surface area contributed by atoms with Crippen LogP contribution in [0.2, 0.25) is 0 Å². The average Bonchev–Trinajstić information content (AvgIpc) is 3.22. The van der Waals surface area contributed by atoms with Gasteiger partial charge in [0.1, 0.15) is 0 Å². The maximum Gasteiger partial charge on any atom is 0.251 e. The minimum Gasteiger partial charge on any atom is -0.343 e. The molecule has 2 atom stereocenters. The quantitative estimate of drug-likeness (QED) is 0.938. The van der Waals surface area contributed by atoms with Gasteiger partial charge in [-0.1, -0.05) is 18.2 Å². The van der Waals surface area contributed by atoms with Gasteiger partial charge in [-0.25, -0.2) is 0 Å². The molecule has 1 aromatic heterocycles. The van der Waals surface area contributed by atoms with Crippen LogP contribution in [0.3, 0.4) is 0 Å². The van der Waals surface area contributed by atoms with E-state index in [1.807, 2.05) is 23.1 Å². The highest BCUT2D eigenvalue weighted by Crippen LogP contribution is 2.32. The Morgan fingerprint density at radius 1 is 1.26 bits per heavy atom. The topological polar surface area (TPSA) is 49.4 Å². The molecule has 1 N–H and O–H groups in total. The fourth-order valence-electron chi connectivity index (χ4n) is 3.08. The average molecular weight is 328 g/mol. The van der Waals surface area contributed by atoms with E-state index in [4.69, 9.17) is 0 Å². The van der Waals surface area contributed by atoms with Gasteiger partial charge in [0.15, 0.2) is 0 Å². The van der Waals surface area contributed by atoms with E-state index >= 15 is 0 Å². The number of carbonyl (C=O) groups excluding carboxylic acids is 2. The van der Waals surface area contributed by atoms with Gasteiger partial charge in [-0.3, -0.25) is 9.59 Å². The van der Waals surface area contributed by atoms with Gasteiger partial charge in [-0.15, -0.1) is 0 Å². The van der Waals surface area contributed by atoms with Crippen LogP contribution in [-0.2, 0) is 4.79 Å².